The second-order valence-electron chi connectivity index (χ2n) is 5.21. The van der Waals surface area contributed by atoms with Crippen LogP contribution in [0.25, 0.3) is 0 Å². The second kappa shape index (κ2) is 8.22. The number of anilines is 1. The maximum absolute atomic E-state index is 12.6. The van der Waals surface area contributed by atoms with Crippen molar-refractivity contribution < 1.29 is 14.6 Å². The van der Waals surface area contributed by atoms with Crippen LogP contribution in [0.1, 0.15) is 12.8 Å². The summed E-state index contributed by atoms with van der Waals surface area (Å²) in [6.07, 6.45) is 1.40. The van der Waals surface area contributed by atoms with Crippen LogP contribution in [0.4, 0.5) is 5.69 Å². The highest BCUT2D eigenvalue weighted by molar-refractivity contribution is 6.37. The number of benzene rings is 1. The van der Waals surface area contributed by atoms with Gasteiger partial charge >= 0.3 is 0 Å². The van der Waals surface area contributed by atoms with Crippen LogP contribution in [0.2, 0.25) is 10.0 Å². The Morgan fingerprint density at radius 1 is 1.36 bits per heavy atom. The minimum atomic E-state index is -0.559. The normalized spacial score (nSPS) is 16.7. The molecule has 0 aliphatic carbocycles. The number of hydrogen-bond acceptors (Lipinski definition) is 4. The van der Waals surface area contributed by atoms with Crippen LogP contribution >= 0.6 is 35.6 Å². The first kappa shape index (κ1) is 19.3. The Morgan fingerprint density at radius 3 is 2.41 bits per heavy atom. The van der Waals surface area contributed by atoms with Crippen molar-refractivity contribution in [1.82, 2.24) is 5.32 Å². The molecule has 0 aromatic heterocycles. The van der Waals surface area contributed by atoms with Gasteiger partial charge in [-0.25, -0.2) is 0 Å². The van der Waals surface area contributed by atoms with Crippen molar-refractivity contribution >= 4 is 47.2 Å². The minimum Gasteiger partial charge on any atom is -0.505 e. The predicted octanol–water partition coefficient (Wildman–Crippen LogP) is 3.08. The van der Waals surface area contributed by atoms with Crippen molar-refractivity contribution in [1.29, 1.82) is 0 Å². The first-order chi connectivity index (χ1) is 9.98. The standard InChI is InChI=1S/C14H18Cl2N2O3.ClH/c1-21-8-14(2-4-17-5-3-14)13(20)18-9-6-10(15)12(19)11(16)7-9;/h6-7,17,19H,2-5,8H2,1H3,(H,18,20);1H. The Bertz CT molecular complexity index is 506. The quantitative estimate of drug-likeness (QED) is 0.713. The van der Waals surface area contributed by atoms with Gasteiger partial charge in [0.05, 0.1) is 22.1 Å². The van der Waals surface area contributed by atoms with Gasteiger partial charge in [0.1, 0.15) is 0 Å². The molecule has 124 valence electrons. The lowest BCUT2D eigenvalue weighted by Gasteiger charge is -2.35. The maximum atomic E-state index is 12.6. The van der Waals surface area contributed by atoms with E-state index in [0.717, 1.165) is 13.1 Å². The number of piperidine rings is 1. The Morgan fingerprint density at radius 2 is 1.91 bits per heavy atom. The van der Waals surface area contributed by atoms with Gasteiger partial charge < -0.3 is 20.5 Å². The van der Waals surface area contributed by atoms with Gasteiger partial charge in [0.2, 0.25) is 5.91 Å². The summed E-state index contributed by atoms with van der Waals surface area (Å²) in [5.74, 6) is -0.312. The third-order valence-electron chi connectivity index (χ3n) is 3.74. The van der Waals surface area contributed by atoms with Gasteiger partial charge in [0, 0.05) is 12.8 Å². The van der Waals surface area contributed by atoms with Crippen LogP contribution in [-0.4, -0.2) is 37.8 Å². The molecule has 1 aromatic rings. The van der Waals surface area contributed by atoms with E-state index in [1.54, 1.807) is 7.11 Å². The number of carbonyl (C=O) groups is 1. The molecule has 0 atom stereocenters. The van der Waals surface area contributed by atoms with Crippen LogP contribution in [-0.2, 0) is 9.53 Å². The number of ether oxygens (including phenoxy) is 1. The fraction of sp³-hybridized carbons (Fsp3) is 0.500. The first-order valence-electron chi connectivity index (χ1n) is 6.68. The summed E-state index contributed by atoms with van der Waals surface area (Å²) in [5, 5.41) is 15.8. The molecule has 1 aliphatic heterocycles. The third kappa shape index (κ3) is 4.18. The molecule has 0 radical (unpaired) electrons. The average Bonchev–Trinajstić information content (AvgIpc) is 2.46. The molecule has 1 fully saturated rings. The number of carbonyl (C=O) groups excluding carboxylic acids is 1. The number of halogens is 3. The molecule has 1 heterocycles. The van der Waals surface area contributed by atoms with E-state index in [2.05, 4.69) is 10.6 Å². The first-order valence-corrected chi connectivity index (χ1v) is 7.43. The smallest absolute Gasteiger partial charge is 0.233 e. The maximum Gasteiger partial charge on any atom is 0.233 e. The van der Waals surface area contributed by atoms with Gasteiger partial charge in [-0.1, -0.05) is 23.2 Å². The fourth-order valence-electron chi connectivity index (χ4n) is 2.52. The van der Waals surface area contributed by atoms with E-state index in [4.69, 9.17) is 27.9 Å². The number of aromatic hydroxyl groups is 1. The zero-order chi connectivity index (χ0) is 15.5. The number of hydrogen-bond donors (Lipinski definition) is 3. The van der Waals surface area contributed by atoms with E-state index >= 15 is 0 Å². The number of methoxy groups -OCH3 is 1. The van der Waals surface area contributed by atoms with Crippen molar-refractivity contribution in [2.75, 3.05) is 32.1 Å². The highest BCUT2D eigenvalue weighted by Gasteiger charge is 2.39. The Kier molecular flexibility index (Phi) is 7.22. The SMILES string of the molecule is COCC1(C(=O)Nc2cc(Cl)c(O)c(Cl)c2)CCNCC1.Cl. The summed E-state index contributed by atoms with van der Waals surface area (Å²) in [6.45, 7) is 1.90. The molecule has 2 rings (SSSR count). The predicted molar refractivity (Wildman–Crippen MR) is 90.4 cm³/mol. The molecule has 1 amide bonds. The monoisotopic (exact) mass is 368 g/mol. The Balaban J connectivity index is 0.00000242. The number of phenols is 1. The molecular formula is C14H19Cl3N2O3. The van der Waals surface area contributed by atoms with E-state index < -0.39 is 5.41 Å². The molecule has 0 unspecified atom stereocenters. The van der Waals surface area contributed by atoms with Crippen LogP contribution in [0.5, 0.6) is 5.75 Å². The Hall–Kier alpha value is -0.720. The third-order valence-corrected chi connectivity index (χ3v) is 4.31. The van der Waals surface area contributed by atoms with E-state index in [-0.39, 0.29) is 34.1 Å². The molecule has 0 spiro atoms. The number of rotatable bonds is 4. The second-order valence-corrected chi connectivity index (χ2v) is 6.02. The molecule has 0 bridgehead atoms. The lowest BCUT2D eigenvalue weighted by Crippen LogP contribution is -2.47. The zero-order valence-corrected chi connectivity index (χ0v) is 14.4. The van der Waals surface area contributed by atoms with Gasteiger partial charge in [-0.2, -0.15) is 0 Å². The molecule has 0 saturated carbocycles. The van der Waals surface area contributed by atoms with E-state index in [0.29, 0.717) is 25.1 Å². The molecule has 8 heteroatoms. The van der Waals surface area contributed by atoms with Crippen LogP contribution < -0.4 is 10.6 Å². The van der Waals surface area contributed by atoms with Crippen molar-refractivity contribution in [2.24, 2.45) is 5.41 Å². The van der Waals surface area contributed by atoms with Gasteiger partial charge in [0.15, 0.2) is 5.75 Å². The topological polar surface area (TPSA) is 70.6 Å². The summed E-state index contributed by atoms with van der Waals surface area (Å²) >= 11 is 11.7. The highest BCUT2D eigenvalue weighted by Crippen LogP contribution is 2.36. The molecular weight excluding hydrogens is 351 g/mol. The summed E-state index contributed by atoms with van der Waals surface area (Å²) in [7, 11) is 1.59. The van der Waals surface area contributed by atoms with Crippen molar-refractivity contribution in [3.8, 4) is 5.75 Å². The summed E-state index contributed by atoms with van der Waals surface area (Å²) in [5.41, 5.74) is -0.0987. The number of nitrogens with one attached hydrogen (secondary N) is 2. The lowest BCUT2D eigenvalue weighted by molar-refractivity contribution is -0.130. The van der Waals surface area contributed by atoms with Crippen molar-refractivity contribution in [3.05, 3.63) is 22.2 Å². The molecule has 1 aliphatic rings. The highest BCUT2D eigenvalue weighted by atomic mass is 35.5. The fourth-order valence-corrected chi connectivity index (χ4v) is 3.01. The van der Waals surface area contributed by atoms with Crippen LogP contribution in [0.3, 0.4) is 0 Å². The van der Waals surface area contributed by atoms with Gasteiger partial charge in [-0.05, 0) is 38.1 Å². The lowest BCUT2D eigenvalue weighted by atomic mass is 9.78. The number of amides is 1. The van der Waals surface area contributed by atoms with Crippen LogP contribution in [0, 0.1) is 5.41 Å². The van der Waals surface area contributed by atoms with Crippen molar-refractivity contribution in [2.45, 2.75) is 12.8 Å². The molecule has 1 saturated heterocycles. The molecule has 22 heavy (non-hydrogen) atoms. The van der Waals surface area contributed by atoms with Crippen LogP contribution in [0.15, 0.2) is 12.1 Å². The van der Waals surface area contributed by atoms with E-state index in [1.165, 1.54) is 12.1 Å². The minimum absolute atomic E-state index is 0. The molecule has 5 nitrogen and oxygen atoms in total. The van der Waals surface area contributed by atoms with E-state index in [1.807, 2.05) is 0 Å². The largest absolute Gasteiger partial charge is 0.505 e. The van der Waals surface area contributed by atoms with E-state index in [9.17, 15) is 9.90 Å². The number of phenolic OH excluding ortho intramolecular Hbond substituents is 1. The summed E-state index contributed by atoms with van der Waals surface area (Å²) in [4.78, 5) is 12.6. The van der Waals surface area contributed by atoms with Gasteiger partial charge in [-0.3, -0.25) is 4.79 Å². The molecule has 3 N–H and O–H groups in total. The molecule has 1 aromatic carbocycles. The van der Waals surface area contributed by atoms with Gasteiger partial charge in [0.25, 0.3) is 0 Å². The average molecular weight is 370 g/mol. The zero-order valence-electron chi connectivity index (χ0n) is 12.1. The van der Waals surface area contributed by atoms with Gasteiger partial charge in [-0.15, -0.1) is 12.4 Å². The Labute approximate surface area is 145 Å². The summed E-state index contributed by atoms with van der Waals surface area (Å²) < 4.78 is 5.23. The summed E-state index contributed by atoms with van der Waals surface area (Å²) in [6, 6.07) is 2.95. The van der Waals surface area contributed by atoms with Crippen molar-refractivity contribution in [3.63, 3.8) is 0 Å².